The molecule has 0 bridgehead atoms. The maximum Gasteiger partial charge on any atom is 0.387 e. The predicted molar refractivity (Wildman–Crippen MR) is 46.6 cm³/mol. The number of nitrogen functional groups attached to an aromatic ring is 2. The molecule has 0 radical (unpaired) electrons. The van der Waals surface area contributed by atoms with E-state index in [-0.39, 0.29) is 22.7 Å². The second-order valence-electron chi connectivity index (χ2n) is 2.43. The molecule has 0 amide bonds. The van der Waals surface area contributed by atoms with Crippen LogP contribution in [0.5, 0.6) is 5.75 Å². The highest BCUT2D eigenvalue weighted by atomic mass is 19.3. The molecule has 4 N–H and O–H groups in total. The van der Waals surface area contributed by atoms with E-state index < -0.39 is 6.61 Å². The van der Waals surface area contributed by atoms with Crippen LogP contribution in [0, 0.1) is 11.3 Å². The molecule has 1 aromatic rings. The van der Waals surface area contributed by atoms with E-state index in [1.165, 1.54) is 12.1 Å². The van der Waals surface area contributed by atoms with Gasteiger partial charge < -0.3 is 16.2 Å². The molecule has 0 atom stereocenters. The highest BCUT2D eigenvalue weighted by Crippen LogP contribution is 2.30. The minimum absolute atomic E-state index is 0.0526. The monoisotopic (exact) mass is 199 g/mol. The Morgan fingerprint density at radius 1 is 1.36 bits per heavy atom. The van der Waals surface area contributed by atoms with Crippen LogP contribution in [0.15, 0.2) is 12.1 Å². The van der Waals surface area contributed by atoms with Crippen LogP contribution in [0.3, 0.4) is 0 Å². The molecule has 0 heterocycles. The van der Waals surface area contributed by atoms with Crippen molar-refractivity contribution in [2.24, 2.45) is 0 Å². The number of nitrogens with two attached hydrogens (primary N) is 2. The summed E-state index contributed by atoms with van der Waals surface area (Å²) < 4.78 is 27.8. The number of nitrogens with zero attached hydrogens (tertiary/aromatic N) is 1. The van der Waals surface area contributed by atoms with Crippen molar-refractivity contribution in [1.82, 2.24) is 0 Å². The Kier molecular flexibility index (Phi) is 2.72. The second kappa shape index (κ2) is 3.79. The number of ether oxygens (including phenoxy) is 1. The first-order chi connectivity index (χ1) is 6.56. The molecular formula is C8H7F2N3O. The van der Waals surface area contributed by atoms with Gasteiger partial charge in [0.2, 0.25) is 0 Å². The lowest BCUT2D eigenvalue weighted by atomic mass is 10.1. The Morgan fingerprint density at radius 2 is 2.00 bits per heavy atom. The minimum atomic E-state index is -2.98. The van der Waals surface area contributed by atoms with Crippen molar-refractivity contribution >= 4 is 11.4 Å². The van der Waals surface area contributed by atoms with Gasteiger partial charge in [0.1, 0.15) is 11.6 Å². The lowest BCUT2D eigenvalue weighted by Gasteiger charge is -2.09. The van der Waals surface area contributed by atoms with Crippen molar-refractivity contribution in [2.75, 3.05) is 11.5 Å². The molecule has 1 aromatic carbocycles. The summed E-state index contributed by atoms with van der Waals surface area (Å²) in [6.07, 6.45) is 0. The molecule has 1 rings (SSSR count). The first-order valence-corrected chi connectivity index (χ1v) is 3.59. The lowest BCUT2D eigenvalue weighted by molar-refractivity contribution is -0.0493. The van der Waals surface area contributed by atoms with Gasteiger partial charge in [-0.1, -0.05) is 0 Å². The Morgan fingerprint density at radius 3 is 2.50 bits per heavy atom. The first kappa shape index (κ1) is 10.1. The van der Waals surface area contributed by atoms with E-state index in [1.54, 1.807) is 6.07 Å². The third-order valence-electron chi connectivity index (χ3n) is 1.57. The zero-order valence-electron chi connectivity index (χ0n) is 7.00. The quantitative estimate of drug-likeness (QED) is 0.703. The van der Waals surface area contributed by atoms with E-state index >= 15 is 0 Å². The molecule has 0 saturated carbocycles. The topological polar surface area (TPSA) is 85.1 Å². The van der Waals surface area contributed by atoms with E-state index in [9.17, 15) is 8.78 Å². The van der Waals surface area contributed by atoms with Gasteiger partial charge in [-0.25, -0.2) is 0 Å². The van der Waals surface area contributed by atoms with Crippen LogP contribution in [0.4, 0.5) is 20.2 Å². The van der Waals surface area contributed by atoms with Gasteiger partial charge in [-0.05, 0) is 12.1 Å². The van der Waals surface area contributed by atoms with E-state index in [4.69, 9.17) is 16.7 Å². The SMILES string of the molecule is N#Cc1c(N)ccc(OC(F)F)c1N. The van der Waals surface area contributed by atoms with Crippen molar-refractivity contribution in [3.63, 3.8) is 0 Å². The Bertz CT molecular complexity index is 387. The number of halogens is 2. The molecule has 0 saturated heterocycles. The highest BCUT2D eigenvalue weighted by molar-refractivity contribution is 5.73. The van der Waals surface area contributed by atoms with Gasteiger partial charge in [0, 0.05) is 0 Å². The summed E-state index contributed by atoms with van der Waals surface area (Å²) in [6.45, 7) is -2.98. The average Bonchev–Trinajstić information content (AvgIpc) is 2.10. The summed E-state index contributed by atoms with van der Waals surface area (Å²) in [6, 6.07) is 4.18. The maximum atomic E-state index is 11.8. The normalized spacial score (nSPS) is 9.86. The van der Waals surface area contributed by atoms with Gasteiger partial charge in [0.15, 0.2) is 5.75 Å². The molecule has 0 fully saturated rings. The Hall–Kier alpha value is -2.03. The Labute approximate surface area is 78.7 Å². The molecular weight excluding hydrogens is 192 g/mol. The van der Waals surface area contributed by atoms with E-state index in [2.05, 4.69) is 4.74 Å². The summed E-state index contributed by atoms with van der Waals surface area (Å²) in [7, 11) is 0. The third-order valence-corrected chi connectivity index (χ3v) is 1.57. The molecule has 0 spiro atoms. The molecule has 0 aliphatic carbocycles. The molecule has 4 nitrogen and oxygen atoms in total. The molecule has 0 aromatic heterocycles. The van der Waals surface area contributed by atoms with Crippen LogP contribution in [0.2, 0.25) is 0 Å². The van der Waals surface area contributed by atoms with Gasteiger partial charge in [-0.15, -0.1) is 0 Å². The molecule has 0 aliphatic heterocycles. The number of alkyl halides is 2. The number of hydrogen-bond donors (Lipinski definition) is 2. The van der Waals surface area contributed by atoms with E-state index in [0.29, 0.717) is 0 Å². The van der Waals surface area contributed by atoms with Crippen LogP contribution >= 0.6 is 0 Å². The van der Waals surface area contributed by atoms with Crippen LogP contribution in [0.25, 0.3) is 0 Å². The fourth-order valence-electron chi connectivity index (χ4n) is 0.941. The van der Waals surface area contributed by atoms with Crippen LogP contribution in [-0.4, -0.2) is 6.61 Å². The standard InChI is InChI=1S/C8H7F2N3O/c9-8(10)14-6-2-1-5(12)4(3-11)7(6)13/h1-2,8H,12-13H2. The number of rotatable bonds is 2. The van der Waals surface area contributed by atoms with E-state index in [0.717, 1.165) is 0 Å². The number of hydrogen-bond acceptors (Lipinski definition) is 4. The van der Waals surface area contributed by atoms with Gasteiger partial charge in [-0.2, -0.15) is 14.0 Å². The maximum absolute atomic E-state index is 11.8. The summed E-state index contributed by atoms with van der Waals surface area (Å²) in [5.41, 5.74) is 10.7. The summed E-state index contributed by atoms with van der Waals surface area (Å²) >= 11 is 0. The predicted octanol–water partition coefficient (Wildman–Crippen LogP) is 1.32. The van der Waals surface area contributed by atoms with Gasteiger partial charge >= 0.3 is 6.61 Å². The van der Waals surface area contributed by atoms with Gasteiger partial charge in [0.25, 0.3) is 0 Å². The smallest absolute Gasteiger partial charge is 0.387 e. The molecule has 0 unspecified atom stereocenters. The highest BCUT2D eigenvalue weighted by Gasteiger charge is 2.12. The summed E-state index contributed by atoms with van der Waals surface area (Å²) in [4.78, 5) is 0. The molecule has 0 aliphatic rings. The third kappa shape index (κ3) is 1.82. The van der Waals surface area contributed by atoms with Crippen LogP contribution in [0.1, 0.15) is 5.56 Å². The van der Waals surface area contributed by atoms with Crippen molar-refractivity contribution in [3.8, 4) is 11.8 Å². The fraction of sp³-hybridized carbons (Fsp3) is 0.125. The first-order valence-electron chi connectivity index (χ1n) is 3.59. The average molecular weight is 199 g/mol. The Balaban J connectivity index is 3.16. The zero-order valence-corrected chi connectivity index (χ0v) is 7.00. The van der Waals surface area contributed by atoms with Crippen LogP contribution in [-0.2, 0) is 0 Å². The van der Waals surface area contributed by atoms with Crippen LogP contribution < -0.4 is 16.2 Å². The van der Waals surface area contributed by atoms with E-state index in [1.807, 2.05) is 0 Å². The van der Waals surface area contributed by atoms with Gasteiger partial charge in [-0.3, -0.25) is 0 Å². The van der Waals surface area contributed by atoms with Crippen molar-refractivity contribution in [3.05, 3.63) is 17.7 Å². The minimum Gasteiger partial charge on any atom is -0.433 e. The number of anilines is 2. The van der Waals surface area contributed by atoms with Crippen molar-refractivity contribution < 1.29 is 13.5 Å². The lowest BCUT2D eigenvalue weighted by Crippen LogP contribution is -2.06. The number of nitriles is 1. The fourth-order valence-corrected chi connectivity index (χ4v) is 0.941. The van der Waals surface area contributed by atoms with Crippen molar-refractivity contribution in [2.45, 2.75) is 6.61 Å². The zero-order chi connectivity index (χ0) is 10.7. The molecule has 14 heavy (non-hydrogen) atoms. The number of benzene rings is 1. The summed E-state index contributed by atoms with van der Waals surface area (Å²) in [5, 5.41) is 8.60. The van der Waals surface area contributed by atoms with Gasteiger partial charge in [0.05, 0.1) is 11.4 Å². The molecule has 6 heteroatoms. The summed E-state index contributed by atoms with van der Waals surface area (Å²) in [5.74, 6) is -0.245. The molecule has 74 valence electrons. The second-order valence-corrected chi connectivity index (χ2v) is 2.43. The van der Waals surface area contributed by atoms with Crippen molar-refractivity contribution in [1.29, 1.82) is 5.26 Å². The largest absolute Gasteiger partial charge is 0.433 e.